The van der Waals surface area contributed by atoms with Gasteiger partial charge in [-0.3, -0.25) is 9.78 Å². The summed E-state index contributed by atoms with van der Waals surface area (Å²) >= 11 is 0.840. The Hall–Kier alpha value is -2.87. The molecule has 0 unspecified atom stereocenters. The van der Waals surface area contributed by atoms with E-state index in [9.17, 15) is 4.79 Å². The first kappa shape index (κ1) is 16.0. The van der Waals surface area contributed by atoms with E-state index in [0.717, 1.165) is 17.3 Å². The zero-order valence-electron chi connectivity index (χ0n) is 12.9. The molecular formula is C16H13N3O4S. The SMILES string of the molecule is COc1ccc(C(=O)Sc2nnc(-c3ccncc3)o2)c(OC)c1. The predicted molar refractivity (Wildman–Crippen MR) is 87.3 cm³/mol. The van der Waals surface area contributed by atoms with Crippen LogP contribution in [0.5, 0.6) is 11.5 Å². The van der Waals surface area contributed by atoms with Crippen molar-refractivity contribution in [1.29, 1.82) is 0 Å². The highest BCUT2D eigenvalue weighted by molar-refractivity contribution is 8.14. The number of nitrogens with zero attached hydrogens (tertiary/aromatic N) is 3. The molecule has 8 heteroatoms. The lowest BCUT2D eigenvalue weighted by atomic mass is 10.2. The van der Waals surface area contributed by atoms with Crippen LogP contribution in [0.4, 0.5) is 0 Å². The number of thioether (sulfide) groups is 1. The van der Waals surface area contributed by atoms with E-state index in [1.54, 1.807) is 49.8 Å². The smallest absolute Gasteiger partial charge is 0.284 e. The van der Waals surface area contributed by atoms with Crippen LogP contribution in [0.2, 0.25) is 0 Å². The summed E-state index contributed by atoms with van der Waals surface area (Å²) in [5, 5.41) is 7.71. The maximum Gasteiger partial charge on any atom is 0.284 e. The maximum atomic E-state index is 12.4. The fourth-order valence-corrected chi connectivity index (χ4v) is 2.60. The summed E-state index contributed by atoms with van der Waals surface area (Å²) < 4.78 is 15.9. The fourth-order valence-electron chi connectivity index (χ4n) is 1.96. The minimum absolute atomic E-state index is 0.157. The van der Waals surface area contributed by atoms with E-state index in [2.05, 4.69) is 15.2 Å². The molecule has 3 rings (SSSR count). The lowest BCUT2D eigenvalue weighted by Crippen LogP contribution is -1.99. The Bertz CT molecular complexity index is 852. The van der Waals surface area contributed by atoms with E-state index in [1.807, 2.05) is 0 Å². The van der Waals surface area contributed by atoms with Crippen LogP contribution in [0, 0.1) is 0 Å². The zero-order chi connectivity index (χ0) is 16.9. The summed E-state index contributed by atoms with van der Waals surface area (Å²) in [6.07, 6.45) is 3.25. The molecule has 0 aliphatic carbocycles. The van der Waals surface area contributed by atoms with Gasteiger partial charge in [0.1, 0.15) is 11.5 Å². The summed E-state index contributed by atoms with van der Waals surface area (Å²) in [4.78, 5) is 16.4. The average Bonchev–Trinajstić information content (AvgIpc) is 3.10. The third-order valence-electron chi connectivity index (χ3n) is 3.14. The van der Waals surface area contributed by atoms with Gasteiger partial charge < -0.3 is 13.9 Å². The number of methoxy groups -OCH3 is 2. The number of aromatic nitrogens is 3. The molecular weight excluding hydrogens is 330 g/mol. The van der Waals surface area contributed by atoms with Crippen LogP contribution in [0.1, 0.15) is 10.4 Å². The third kappa shape index (κ3) is 3.38. The van der Waals surface area contributed by atoms with Crippen LogP contribution in [0.15, 0.2) is 52.4 Å². The van der Waals surface area contributed by atoms with Crippen molar-refractivity contribution in [3.63, 3.8) is 0 Å². The summed E-state index contributed by atoms with van der Waals surface area (Å²) in [6.45, 7) is 0. The number of ether oxygens (including phenoxy) is 2. The fraction of sp³-hybridized carbons (Fsp3) is 0.125. The van der Waals surface area contributed by atoms with Crippen LogP contribution in [-0.2, 0) is 0 Å². The molecule has 0 atom stereocenters. The lowest BCUT2D eigenvalue weighted by Gasteiger charge is -2.08. The van der Waals surface area contributed by atoms with Gasteiger partial charge in [-0.2, -0.15) is 0 Å². The van der Waals surface area contributed by atoms with Gasteiger partial charge in [-0.25, -0.2) is 0 Å². The second-order valence-electron chi connectivity index (χ2n) is 4.56. The summed E-state index contributed by atoms with van der Waals surface area (Å²) in [5.74, 6) is 1.35. The van der Waals surface area contributed by atoms with Gasteiger partial charge in [-0.05, 0) is 24.3 Å². The second kappa shape index (κ2) is 7.14. The Morgan fingerprint density at radius 2 is 1.88 bits per heavy atom. The minimum Gasteiger partial charge on any atom is -0.497 e. The van der Waals surface area contributed by atoms with Gasteiger partial charge in [0.2, 0.25) is 11.0 Å². The highest BCUT2D eigenvalue weighted by atomic mass is 32.2. The molecule has 0 aliphatic rings. The molecule has 0 radical (unpaired) electrons. The highest BCUT2D eigenvalue weighted by Crippen LogP contribution is 2.31. The summed E-state index contributed by atoms with van der Waals surface area (Å²) in [6, 6.07) is 8.45. The van der Waals surface area contributed by atoms with Crippen LogP contribution in [0.25, 0.3) is 11.5 Å². The molecule has 2 aromatic heterocycles. The molecule has 0 N–H and O–H groups in total. The van der Waals surface area contributed by atoms with E-state index in [0.29, 0.717) is 23.0 Å². The standard InChI is InChI=1S/C16H13N3O4S/c1-21-11-3-4-12(13(9-11)22-2)15(20)24-16-19-18-14(23-16)10-5-7-17-8-6-10/h3-9H,1-2H3. The van der Waals surface area contributed by atoms with Crippen molar-refractivity contribution in [3.05, 3.63) is 48.3 Å². The van der Waals surface area contributed by atoms with Crippen LogP contribution >= 0.6 is 11.8 Å². The van der Waals surface area contributed by atoms with Crippen LogP contribution in [0.3, 0.4) is 0 Å². The Morgan fingerprint density at radius 3 is 2.58 bits per heavy atom. The summed E-state index contributed by atoms with van der Waals surface area (Å²) in [7, 11) is 3.04. The number of rotatable bonds is 5. The van der Waals surface area contributed by atoms with Crippen molar-refractivity contribution in [3.8, 4) is 23.0 Å². The van der Waals surface area contributed by atoms with Crippen LogP contribution < -0.4 is 9.47 Å². The molecule has 0 fully saturated rings. The van der Waals surface area contributed by atoms with E-state index < -0.39 is 0 Å². The van der Waals surface area contributed by atoms with Gasteiger partial charge in [0, 0.05) is 35.8 Å². The molecule has 0 spiro atoms. The van der Waals surface area contributed by atoms with E-state index in [-0.39, 0.29) is 10.3 Å². The molecule has 0 amide bonds. The Labute approximate surface area is 142 Å². The van der Waals surface area contributed by atoms with Gasteiger partial charge in [0.25, 0.3) is 5.22 Å². The van der Waals surface area contributed by atoms with Gasteiger partial charge in [-0.1, -0.05) is 0 Å². The van der Waals surface area contributed by atoms with Gasteiger partial charge in [-0.15, -0.1) is 10.2 Å². The van der Waals surface area contributed by atoms with Crippen LogP contribution in [-0.4, -0.2) is 34.5 Å². The number of benzene rings is 1. The number of pyridine rings is 1. The van der Waals surface area contributed by atoms with Gasteiger partial charge in [0.05, 0.1) is 19.8 Å². The van der Waals surface area contributed by atoms with Crippen molar-refractivity contribution in [1.82, 2.24) is 15.2 Å². The zero-order valence-corrected chi connectivity index (χ0v) is 13.7. The number of hydrogen-bond acceptors (Lipinski definition) is 8. The van der Waals surface area contributed by atoms with Gasteiger partial charge in [0.15, 0.2) is 0 Å². The quantitative estimate of drug-likeness (QED) is 0.653. The number of carbonyl (C=O) groups is 1. The Kier molecular flexibility index (Phi) is 4.76. The molecule has 24 heavy (non-hydrogen) atoms. The topological polar surface area (TPSA) is 87.3 Å². The first-order chi connectivity index (χ1) is 11.7. The highest BCUT2D eigenvalue weighted by Gasteiger charge is 2.18. The lowest BCUT2D eigenvalue weighted by molar-refractivity contribution is 0.108. The molecule has 0 aliphatic heterocycles. The van der Waals surface area contributed by atoms with Crippen molar-refractivity contribution in [2.45, 2.75) is 5.22 Å². The number of hydrogen-bond donors (Lipinski definition) is 0. The molecule has 0 bridgehead atoms. The maximum absolute atomic E-state index is 12.4. The number of carbonyl (C=O) groups excluding carboxylic acids is 1. The molecule has 0 saturated carbocycles. The third-order valence-corrected chi connectivity index (χ3v) is 3.89. The Morgan fingerprint density at radius 1 is 1.08 bits per heavy atom. The normalized spacial score (nSPS) is 10.4. The van der Waals surface area contributed by atoms with E-state index >= 15 is 0 Å². The van der Waals surface area contributed by atoms with Crippen molar-refractivity contribution >= 4 is 16.9 Å². The first-order valence-corrected chi connectivity index (χ1v) is 7.71. The monoisotopic (exact) mass is 343 g/mol. The molecule has 3 aromatic rings. The van der Waals surface area contributed by atoms with Gasteiger partial charge >= 0.3 is 0 Å². The second-order valence-corrected chi connectivity index (χ2v) is 5.49. The van der Waals surface area contributed by atoms with Crippen molar-refractivity contribution < 1.29 is 18.7 Å². The predicted octanol–water partition coefficient (Wildman–Crippen LogP) is 3.08. The average molecular weight is 343 g/mol. The molecule has 1 aromatic carbocycles. The van der Waals surface area contributed by atoms with Crippen molar-refractivity contribution in [2.24, 2.45) is 0 Å². The minimum atomic E-state index is -0.264. The van der Waals surface area contributed by atoms with E-state index in [4.69, 9.17) is 13.9 Å². The molecule has 0 saturated heterocycles. The molecule has 2 heterocycles. The summed E-state index contributed by atoms with van der Waals surface area (Å²) in [5.41, 5.74) is 1.13. The largest absolute Gasteiger partial charge is 0.497 e. The first-order valence-electron chi connectivity index (χ1n) is 6.89. The van der Waals surface area contributed by atoms with E-state index in [1.165, 1.54) is 7.11 Å². The Balaban J connectivity index is 1.79. The van der Waals surface area contributed by atoms with Crippen molar-refractivity contribution in [2.75, 3.05) is 14.2 Å². The molecule has 7 nitrogen and oxygen atoms in total. The molecule has 122 valence electrons.